The molecular formula is C25H39IN6O. The summed E-state index contributed by atoms with van der Waals surface area (Å²) in [6.45, 7) is 12.9. The fraction of sp³-hybridized carbons (Fsp3) is 0.600. The van der Waals surface area contributed by atoms with E-state index in [1.807, 2.05) is 24.1 Å². The van der Waals surface area contributed by atoms with Gasteiger partial charge in [0.1, 0.15) is 6.10 Å². The number of aliphatic imine (C=N–C) groups is 1. The average molecular weight is 567 g/mol. The van der Waals surface area contributed by atoms with Gasteiger partial charge in [0.25, 0.3) is 0 Å². The van der Waals surface area contributed by atoms with Crippen molar-refractivity contribution in [3.05, 3.63) is 53.3 Å². The number of morpholine rings is 1. The summed E-state index contributed by atoms with van der Waals surface area (Å²) in [6.07, 6.45) is 5.10. The molecule has 0 amide bonds. The summed E-state index contributed by atoms with van der Waals surface area (Å²) < 4.78 is 7.88. The number of aromatic nitrogens is 2. The predicted molar refractivity (Wildman–Crippen MR) is 144 cm³/mol. The fourth-order valence-corrected chi connectivity index (χ4v) is 4.80. The number of hydrogen-bond acceptors (Lipinski definition) is 4. The molecule has 2 aromatic rings. The molecule has 33 heavy (non-hydrogen) atoms. The van der Waals surface area contributed by atoms with Crippen LogP contribution in [0.1, 0.15) is 43.6 Å². The normalized spacial score (nSPS) is 20.3. The second-order valence-electron chi connectivity index (χ2n) is 9.25. The molecule has 2 aliphatic rings. The standard InChI is InChI=1S/C25H38N6O.HI/c1-5-26-25(31-12-13-32-24(18-31)22-14-28-29(4)16-22)27-15-23(19(2)3)30-11-10-20-8-6-7-9-21(20)17-30;/h6-9,14,16,19,23-24H,5,10-13,15,17-18H2,1-4H3,(H,26,27);1H. The van der Waals surface area contributed by atoms with Crippen LogP contribution < -0.4 is 5.32 Å². The number of nitrogens with one attached hydrogen (secondary N) is 1. The quantitative estimate of drug-likeness (QED) is 0.330. The molecule has 182 valence electrons. The number of aryl methyl sites for hydroxylation is 1. The van der Waals surface area contributed by atoms with Crippen LogP contribution in [0.25, 0.3) is 0 Å². The molecule has 0 spiro atoms. The van der Waals surface area contributed by atoms with Crippen LogP contribution in [0.15, 0.2) is 41.7 Å². The molecule has 8 heteroatoms. The van der Waals surface area contributed by atoms with E-state index in [0.717, 1.165) is 57.2 Å². The fourth-order valence-electron chi connectivity index (χ4n) is 4.80. The highest BCUT2D eigenvalue weighted by Crippen LogP contribution is 2.24. The summed E-state index contributed by atoms with van der Waals surface area (Å²) in [5.74, 6) is 1.53. The molecule has 0 radical (unpaired) electrons. The van der Waals surface area contributed by atoms with Gasteiger partial charge in [-0.25, -0.2) is 0 Å². The minimum Gasteiger partial charge on any atom is -0.370 e. The molecule has 0 aliphatic carbocycles. The molecule has 1 fully saturated rings. The zero-order chi connectivity index (χ0) is 22.5. The lowest BCUT2D eigenvalue weighted by molar-refractivity contribution is -0.00811. The molecule has 7 nitrogen and oxygen atoms in total. The predicted octanol–water partition coefficient (Wildman–Crippen LogP) is 3.46. The van der Waals surface area contributed by atoms with Gasteiger partial charge in [-0.1, -0.05) is 38.1 Å². The van der Waals surface area contributed by atoms with Gasteiger partial charge in [0.2, 0.25) is 0 Å². The SMILES string of the molecule is CCNC(=NCC(C(C)C)N1CCc2ccccc2C1)N1CCOC(c2cnn(C)c2)C1.I. The first-order valence-corrected chi connectivity index (χ1v) is 12.0. The molecule has 2 unspecified atom stereocenters. The Labute approximate surface area is 215 Å². The second-order valence-corrected chi connectivity index (χ2v) is 9.25. The minimum atomic E-state index is 0. The van der Waals surface area contributed by atoms with Crippen molar-refractivity contribution in [2.75, 3.05) is 39.3 Å². The molecule has 2 aliphatic heterocycles. The highest BCUT2D eigenvalue weighted by molar-refractivity contribution is 14.0. The number of benzene rings is 1. The Morgan fingerprint density at radius 3 is 2.73 bits per heavy atom. The van der Waals surface area contributed by atoms with E-state index in [2.05, 4.69) is 65.3 Å². The molecular weight excluding hydrogens is 527 g/mol. The van der Waals surface area contributed by atoms with Gasteiger partial charge in [0.05, 0.1) is 25.9 Å². The molecule has 1 aromatic carbocycles. The van der Waals surface area contributed by atoms with E-state index in [4.69, 9.17) is 9.73 Å². The Kier molecular flexibility index (Phi) is 9.57. The van der Waals surface area contributed by atoms with Crippen LogP contribution in [0, 0.1) is 5.92 Å². The van der Waals surface area contributed by atoms with Gasteiger partial charge in [0.15, 0.2) is 5.96 Å². The zero-order valence-corrected chi connectivity index (χ0v) is 22.7. The van der Waals surface area contributed by atoms with Crippen molar-refractivity contribution in [1.82, 2.24) is 24.9 Å². The third-order valence-electron chi connectivity index (χ3n) is 6.62. The highest BCUT2D eigenvalue weighted by atomic mass is 127. The minimum absolute atomic E-state index is 0. The van der Waals surface area contributed by atoms with Crippen LogP contribution >= 0.6 is 24.0 Å². The molecule has 0 bridgehead atoms. The number of fused-ring (bicyclic) bond motifs is 1. The molecule has 1 aromatic heterocycles. The second kappa shape index (κ2) is 12.2. The smallest absolute Gasteiger partial charge is 0.194 e. The Hall–Kier alpha value is -1.65. The van der Waals surface area contributed by atoms with Crippen molar-refractivity contribution in [2.24, 2.45) is 18.0 Å². The third-order valence-corrected chi connectivity index (χ3v) is 6.62. The Bertz CT molecular complexity index is 914. The number of ether oxygens (including phenoxy) is 1. The molecule has 4 rings (SSSR count). The summed E-state index contributed by atoms with van der Waals surface area (Å²) in [4.78, 5) is 10.1. The largest absolute Gasteiger partial charge is 0.370 e. The first-order valence-electron chi connectivity index (χ1n) is 12.0. The highest BCUT2D eigenvalue weighted by Gasteiger charge is 2.28. The van der Waals surface area contributed by atoms with Crippen molar-refractivity contribution >= 4 is 29.9 Å². The number of hydrogen-bond donors (Lipinski definition) is 1. The van der Waals surface area contributed by atoms with Gasteiger partial charge in [0, 0.05) is 51.0 Å². The van der Waals surface area contributed by atoms with Crippen LogP contribution in [0.2, 0.25) is 0 Å². The first-order chi connectivity index (χ1) is 15.5. The molecule has 1 saturated heterocycles. The lowest BCUT2D eigenvalue weighted by atomic mass is 9.95. The van der Waals surface area contributed by atoms with Crippen LogP contribution in [0.4, 0.5) is 0 Å². The Morgan fingerprint density at radius 2 is 2.03 bits per heavy atom. The topological polar surface area (TPSA) is 57.9 Å². The summed E-state index contributed by atoms with van der Waals surface area (Å²) in [5, 5.41) is 7.83. The number of nitrogens with zero attached hydrogens (tertiary/aromatic N) is 5. The maximum atomic E-state index is 6.04. The van der Waals surface area contributed by atoms with Crippen molar-refractivity contribution in [2.45, 2.75) is 45.9 Å². The van der Waals surface area contributed by atoms with Crippen LogP contribution in [-0.2, 0) is 24.8 Å². The van der Waals surface area contributed by atoms with E-state index in [1.54, 1.807) is 0 Å². The van der Waals surface area contributed by atoms with Crippen molar-refractivity contribution in [3.63, 3.8) is 0 Å². The van der Waals surface area contributed by atoms with Gasteiger partial charge in [-0.05, 0) is 30.4 Å². The number of guanidine groups is 1. The maximum Gasteiger partial charge on any atom is 0.194 e. The van der Waals surface area contributed by atoms with Crippen LogP contribution in [-0.4, -0.2) is 70.9 Å². The summed E-state index contributed by atoms with van der Waals surface area (Å²) in [6, 6.07) is 9.29. The van der Waals surface area contributed by atoms with Crippen LogP contribution in [0.3, 0.4) is 0 Å². The first kappa shape index (κ1) is 26.0. The third kappa shape index (κ3) is 6.48. The monoisotopic (exact) mass is 566 g/mol. The van der Waals surface area contributed by atoms with E-state index in [9.17, 15) is 0 Å². The zero-order valence-electron chi connectivity index (χ0n) is 20.4. The van der Waals surface area contributed by atoms with Crippen molar-refractivity contribution in [1.29, 1.82) is 0 Å². The van der Waals surface area contributed by atoms with Crippen molar-refractivity contribution in [3.8, 4) is 0 Å². The van der Waals surface area contributed by atoms with E-state index in [-0.39, 0.29) is 30.1 Å². The number of halogens is 1. The van der Waals surface area contributed by atoms with Gasteiger partial charge in [-0.3, -0.25) is 14.6 Å². The summed E-state index contributed by atoms with van der Waals surface area (Å²) in [7, 11) is 1.95. The van der Waals surface area contributed by atoms with E-state index >= 15 is 0 Å². The molecule has 2 atom stereocenters. The lowest BCUT2D eigenvalue weighted by Crippen LogP contribution is -2.49. The summed E-state index contributed by atoms with van der Waals surface area (Å²) >= 11 is 0. The van der Waals surface area contributed by atoms with E-state index in [1.165, 1.54) is 11.1 Å². The van der Waals surface area contributed by atoms with Gasteiger partial charge in [-0.2, -0.15) is 5.10 Å². The van der Waals surface area contributed by atoms with Crippen LogP contribution in [0.5, 0.6) is 0 Å². The Balaban J connectivity index is 0.00000306. The van der Waals surface area contributed by atoms with E-state index < -0.39 is 0 Å². The van der Waals surface area contributed by atoms with Gasteiger partial charge < -0.3 is 15.0 Å². The van der Waals surface area contributed by atoms with Gasteiger partial charge >= 0.3 is 0 Å². The van der Waals surface area contributed by atoms with Crippen molar-refractivity contribution < 1.29 is 4.74 Å². The average Bonchev–Trinajstić information content (AvgIpc) is 3.24. The molecule has 1 N–H and O–H groups in total. The summed E-state index contributed by atoms with van der Waals surface area (Å²) in [5.41, 5.74) is 4.09. The Morgan fingerprint density at radius 1 is 1.24 bits per heavy atom. The molecule has 0 saturated carbocycles. The van der Waals surface area contributed by atoms with Gasteiger partial charge in [-0.15, -0.1) is 24.0 Å². The van der Waals surface area contributed by atoms with E-state index in [0.29, 0.717) is 18.6 Å². The molecule has 3 heterocycles. The lowest BCUT2D eigenvalue weighted by Gasteiger charge is -2.38. The number of rotatable bonds is 6. The maximum absolute atomic E-state index is 6.04.